The minimum absolute atomic E-state index is 0.126. The number of anilines is 2. The molecule has 1 aliphatic heterocycles. The van der Waals surface area contributed by atoms with Crippen LogP contribution in [0, 0.1) is 0 Å². The van der Waals surface area contributed by atoms with E-state index in [1.165, 1.54) is 12.1 Å². The third kappa shape index (κ3) is 3.97. The summed E-state index contributed by atoms with van der Waals surface area (Å²) in [6.45, 7) is 3.35. The van der Waals surface area contributed by atoms with Crippen LogP contribution in [0.4, 0.5) is 29.3 Å². The summed E-state index contributed by atoms with van der Waals surface area (Å²) in [6, 6.07) is 10.00. The molecule has 0 radical (unpaired) electrons. The number of carbonyl (C=O) groups is 2. The van der Waals surface area contributed by atoms with E-state index in [1.807, 2.05) is 12.1 Å². The van der Waals surface area contributed by atoms with E-state index in [9.17, 15) is 22.8 Å². The molecule has 3 amide bonds. The van der Waals surface area contributed by atoms with Crippen LogP contribution in [0.5, 0.6) is 11.5 Å². The first kappa shape index (κ1) is 22.1. The van der Waals surface area contributed by atoms with E-state index in [4.69, 9.17) is 4.74 Å². The Hall–Kier alpha value is -4.67. The number of imide groups is 1. The molecular formula is C24H16F3N5O3. The number of amides is 3. The summed E-state index contributed by atoms with van der Waals surface area (Å²) in [5, 5.41) is 4.18. The number of urea groups is 1. The van der Waals surface area contributed by atoms with Gasteiger partial charge in [-0.05, 0) is 36.4 Å². The number of pyridine rings is 1. The molecule has 35 heavy (non-hydrogen) atoms. The number of rotatable bonds is 5. The Labute approximate surface area is 196 Å². The van der Waals surface area contributed by atoms with Crippen molar-refractivity contribution in [2.45, 2.75) is 6.18 Å². The maximum absolute atomic E-state index is 13.1. The maximum Gasteiger partial charge on any atom is 0.417 e. The topological polar surface area (TPSA) is 80.0 Å². The highest BCUT2D eigenvalue weighted by atomic mass is 19.4. The molecule has 5 rings (SSSR count). The Morgan fingerprint density at radius 1 is 1.03 bits per heavy atom. The molecule has 4 aromatic rings. The number of hydrogen-bond donors (Lipinski definition) is 0. The molecule has 176 valence electrons. The lowest BCUT2D eigenvalue weighted by atomic mass is 10.1. The molecule has 3 aromatic heterocycles. The number of alkyl halides is 3. The van der Waals surface area contributed by atoms with Crippen LogP contribution in [0.25, 0.3) is 11.6 Å². The van der Waals surface area contributed by atoms with Crippen molar-refractivity contribution in [3.8, 4) is 11.5 Å². The first-order valence-corrected chi connectivity index (χ1v) is 10.3. The summed E-state index contributed by atoms with van der Waals surface area (Å²) in [5.74, 6) is 0.369. The van der Waals surface area contributed by atoms with Crippen molar-refractivity contribution in [2.75, 3.05) is 16.3 Å². The first-order valence-electron chi connectivity index (χ1n) is 10.3. The van der Waals surface area contributed by atoms with E-state index in [2.05, 4.69) is 16.7 Å². The average molecular weight is 479 g/mol. The van der Waals surface area contributed by atoms with Gasteiger partial charge in [-0.1, -0.05) is 12.7 Å². The second-order valence-corrected chi connectivity index (χ2v) is 7.59. The second kappa shape index (κ2) is 8.28. The van der Waals surface area contributed by atoms with E-state index in [1.54, 1.807) is 35.1 Å². The fraction of sp³-hybridized carbons (Fsp3) is 0.0833. The molecule has 1 saturated heterocycles. The van der Waals surface area contributed by atoms with Crippen molar-refractivity contribution < 1.29 is 27.5 Å². The summed E-state index contributed by atoms with van der Waals surface area (Å²) >= 11 is 0. The summed E-state index contributed by atoms with van der Waals surface area (Å²) in [5.41, 5.74) is 0.328. The van der Waals surface area contributed by atoms with E-state index >= 15 is 0 Å². The normalized spacial score (nSPS) is 14.1. The van der Waals surface area contributed by atoms with E-state index < -0.39 is 30.2 Å². The smallest absolute Gasteiger partial charge is 0.417 e. The number of nitrogens with zero attached hydrogens (tertiary/aromatic N) is 5. The molecule has 11 heteroatoms. The predicted octanol–water partition coefficient (Wildman–Crippen LogP) is 5.16. The van der Waals surface area contributed by atoms with Crippen molar-refractivity contribution in [2.24, 2.45) is 0 Å². The van der Waals surface area contributed by atoms with Crippen LogP contribution in [-0.4, -0.2) is 33.1 Å². The summed E-state index contributed by atoms with van der Waals surface area (Å²) in [4.78, 5) is 31.1. The minimum Gasteiger partial charge on any atom is -0.454 e. The van der Waals surface area contributed by atoms with Crippen LogP contribution in [0.1, 0.15) is 11.1 Å². The lowest BCUT2D eigenvalue weighted by molar-refractivity contribution is -0.137. The molecular weight excluding hydrogens is 463 g/mol. The van der Waals surface area contributed by atoms with Gasteiger partial charge < -0.3 is 4.74 Å². The van der Waals surface area contributed by atoms with Crippen molar-refractivity contribution in [1.82, 2.24) is 14.6 Å². The zero-order valence-corrected chi connectivity index (χ0v) is 17.9. The van der Waals surface area contributed by atoms with Gasteiger partial charge in [0.1, 0.15) is 17.8 Å². The van der Waals surface area contributed by atoms with Gasteiger partial charge in [-0.25, -0.2) is 14.2 Å². The van der Waals surface area contributed by atoms with Crippen LogP contribution >= 0.6 is 0 Å². The van der Waals surface area contributed by atoms with E-state index in [0.717, 1.165) is 27.6 Å². The van der Waals surface area contributed by atoms with Crippen LogP contribution in [0.3, 0.4) is 0 Å². The quantitative estimate of drug-likeness (QED) is 0.370. The van der Waals surface area contributed by atoms with Gasteiger partial charge in [-0.2, -0.15) is 18.3 Å². The van der Waals surface area contributed by atoms with Crippen molar-refractivity contribution in [3.05, 3.63) is 85.0 Å². The summed E-state index contributed by atoms with van der Waals surface area (Å²) in [7, 11) is 0. The molecule has 1 fully saturated rings. The third-order valence-electron chi connectivity index (χ3n) is 5.42. The number of halogens is 3. The number of fused-ring (bicyclic) bond motifs is 1. The van der Waals surface area contributed by atoms with Gasteiger partial charge in [0.15, 0.2) is 5.75 Å². The Morgan fingerprint density at radius 3 is 2.63 bits per heavy atom. The molecule has 1 aliphatic rings. The Morgan fingerprint density at radius 2 is 1.86 bits per heavy atom. The van der Waals surface area contributed by atoms with E-state index in [-0.39, 0.29) is 11.4 Å². The molecule has 8 nitrogen and oxygen atoms in total. The monoisotopic (exact) mass is 479 g/mol. The van der Waals surface area contributed by atoms with Crippen molar-refractivity contribution in [3.63, 3.8) is 0 Å². The number of hydrogen-bond acceptors (Lipinski definition) is 5. The molecule has 4 heterocycles. The van der Waals surface area contributed by atoms with Gasteiger partial charge in [-0.15, -0.1) is 0 Å². The van der Waals surface area contributed by atoms with Crippen molar-refractivity contribution >= 4 is 34.9 Å². The van der Waals surface area contributed by atoms with Crippen LogP contribution in [-0.2, 0) is 11.0 Å². The fourth-order valence-corrected chi connectivity index (χ4v) is 3.75. The van der Waals surface area contributed by atoms with E-state index in [0.29, 0.717) is 23.3 Å². The summed E-state index contributed by atoms with van der Waals surface area (Å²) < 4.78 is 46.9. The lowest BCUT2D eigenvalue weighted by Crippen LogP contribution is -2.33. The third-order valence-corrected chi connectivity index (χ3v) is 5.42. The molecule has 1 aromatic carbocycles. The molecule has 0 spiro atoms. The number of benzene rings is 1. The lowest BCUT2D eigenvalue weighted by Gasteiger charge is -2.19. The van der Waals surface area contributed by atoms with Crippen LogP contribution < -0.4 is 14.5 Å². The predicted molar refractivity (Wildman–Crippen MR) is 121 cm³/mol. The van der Waals surface area contributed by atoms with Gasteiger partial charge >= 0.3 is 12.2 Å². The molecule has 0 bridgehead atoms. The van der Waals surface area contributed by atoms with Crippen LogP contribution in [0.2, 0.25) is 0 Å². The van der Waals surface area contributed by atoms with Crippen molar-refractivity contribution in [1.29, 1.82) is 0 Å². The molecule has 0 aliphatic carbocycles. The second-order valence-electron chi connectivity index (χ2n) is 7.59. The number of aromatic nitrogens is 3. The van der Waals surface area contributed by atoms with Gasteiger partial charge in [0, 0.05) is 24.0 Å². The number of carbonyl (C=O) groups excluding carboxylic acids is 2. The highest BCUT2D eigenvalue weighted by Crippen LogP contribution is 2.35. The SMILES string of the molecule is C=Cc1cc(N2C(=O)CN(c3cncc(C(F)(F)F)c3)C2=O)ccc1Oc1ccnn2cccc12. The van der Waals surface area contributed by atoms with Gasteiger partial charge in [0.05, 0.1) is 29.3 Å². The highest BCUT2D eigenvalue weighted by Gasteiger charge is 2.39. The average Bonchev–Trinajstić information content (AvgIpc) is 3.43. The van der Waals surface area contributed by atoms with Crippen LogP contribution in [0.15, 0.2) is 73.8 Å². The zero-order chi connectivity index (χ0) is 24.7. The molecule has 0 N–H and O–H groups in total. The standard InChI is InChI=1S/C24H16F3N5O3/c1-2-15-10-17(5-6-20(15)35-21-7-8-29-31-9-3-4-19(21)31)32-22(33)14-30(23(32)34)18-11-16(12-28-13-18)24(25,26)27/h2-13H,1,14H2. The first-order chi connectivity index (χ1) is 16.8. The molecule has 0 unspecified atom stereocenters. The largest absolute Gasteiger partial charge is 0.454 e. The van der Waals surface area contributed by atoms with Gasteiger partial charge in [0.25, 0.3) is 5.91 Å². The fourth-order valence-electron chi connectivity index (χ4n) is 3.75. The molecule has 0 atom stereocenters. The maximum atomic E-state index is 13.1. The summed E-state index contributed by atoms with van der Waals surface area (Å²) in [6.07, 6.45) is 2.00. The minimum atomic E-state index is -4.63. The zero-order valence-electron chi connectivity index (χ0n) is 17.9. The Bertz CT molecular complexity index is 1480. The van der Waals surface area contributed by atoms with Gasteiger partial charge in [0.2, 0.25) is 0 Å². The Balaban J connectivity index is 1.44. The molecule has 0 saturated carbocycles. The highest BCUT2D eigenvalue weighted by molar-refractivity contribution is 6.27. The van der Waals surface area contributed by atoms with Gasteiger partial charge in [-0.3, -0.25) is 14.7 Å². The Kier molecular flexibility index (Phi) is 5.24. The number of ether oxygens (including phenoxy) is 1.